The Labute approximate surface area is 126 Å². The van der Waals surface area contributed by atoms with Crippen LogP contribution in [0.15, 0.2) is 18.2 Å². The van der Waals surface area contributed by atoms with Gasteiger partial charge in [0.25, 0.3) is 5.91 Å². The molecular weight excluding hydrogens is 270 g/mol. The van der Waals surface area contributed by atoms with Gasteiger partial charge >= 0.3 is 0 Å². The van der Waals surface area contributed by atoms with Gasteiger partial charge in [-0.15, -0.1) is 0 Å². The minimum Gasteiger partial charge on any atom is -0.397 e. The van der Waals surface area contributed by atoms with E-state index in [0.29, 0.717) is 23.8 Å². The molecule has 0 aliphatic rings. The van der Waals surface area contributed by atoms with Crippen molar-refractivity contribution in [2.45, 2.75) is 26.3 Å². The summed E-state index contributed by atoms with van der Waals surface area (Å²) in [7, 11) is 2.03. The van der Waals surface area contributed by atoms with Gasteiger partial charge in [-0.1, -0.05) is 0 Å². The number of carbonyl (C=O) groups is 1. The molecule has 4 nitrogen and oxygen atoms in total. The number of nitrogens with zero attached hydrogens (tertiary/aromatic N) is 1. The Hall–Kier alpha value is -1.36. The summed E-state index contributed by atoms with van der Waals surface area (Å²) in [5.41, 5.74) is 8.33. The van der Waals surface area contributed by atoms with Gasteiger partial charge in [0.1, 0.15) is 0 Å². The summed E-state index contributed by atoms with van der Waals surface area (Å²) in [4.78, 5) is 14.0. The molecule has 0 saturated carbocycles. The van der Waals surface area contributed by atoms with Crippen molar-refractivity contribution in [3.63, 3.8) is 0 Å². The number of nitrogens with two attached hydrogens (primary N) is 1. The van der Waals surface area contributed by atoms with Gasteiger partial charge in [0.15, 0.2) is 0 Å². The van der Waals surface area contributed by atoms with Crippen molar-refractivity contribution in [3.05, 3.63) is 23.8 Å². The number of amides is 1. The third-order valence-electron chi connectivity index (χ3n) is 3.41. The standard InChI is InChI=1S/C15H25N3OS/c1-5-17-15(19)12-6-7-13(16)14(10-12)18(3)11(2)8-9-20-4/h6-7,10-11H,5,8-9,16H2,1-4H3,(H,17,19). The maximum Gasteiger partial charge on any atom is 0.251 e. The van der Waals surface area contributed by atoms with Crippen LogP contribution in [-0.4, -0.2) is 37.6 Å². The molecule has 0 aliphatic heterocycles. The highest BCUT2D eigenvalue weighted by Gasteiger charge is 2.14. The number of anilines is 2. The molecule has 1 unspecified atom stereocenters. The zero-order chi connectivity index (χ0) is 15.1. The second-order valence-corrected chi connectivity index (χ2v) is 5.86. The number of nitrogen functional groups attached to an aromatic ring is 1. The van der Waals surface area contributed by atoms with E-state index in [9.17, 15) is 4.79 Å². The van der Waals surface area contributed by atoms with Crippen molar-refractivity contribution in [2.75, 3.05) is 36.2 Å². The summed E-state index contributed by atoms with van der Waals surface area (Å²) < 4.78 is 0. The van der Waals surface area contributed by atoms with Crippen LogP contribution in [0.4, 0.5) is 11.4 Å². The van der Waals surface area contributed by atoms with Gasteiger partial charge in [-0.2, -0.15) is 11.8 Å². The first-order valence-electron chi connectivity index (χ1n) is 6.90. The Morgan fingerprint density at radius 2 is 2.20 bits per heavy atom. The second kappa shape index (κ2) is 8.04. The van der Waals surface area contributed by atoms with E-state index in [0.717, 1.165) is 17.9 Å². The van der Waals surface area contributed by atoms with Crippen LogP contribution in [0.3, 0.4) is 0 Å². The fourth-order valence-corrected chi connectivity index (χ4v) is 2.55. The first-order valence-corrected chi connectivity index (χ1v) is 8.30. The quantitative estimate of drug-likeness (QED) is 0.759. The van der Waals surface area contributed by atoms with Gasteiger partial charge in [0.05, 0.1) is 11.4 Å². The van der Waals surface area contributed by atoms with Crippen molar-refractivity contribution in [1.29, 1.82) is 0 Å². The topological polar surface area (TPSA) is 58.4 Å². The molecular formula is C15H25N3OS. The largest absolute Gasteiger partial charge is 0.397 e. The van der Waals surface area contributed by atoms with Gasteiger partial charge < -0.3 is 16.0 Å². The normalized spacial score (nSPS) is 12.0. The molecule has 0 saturated heterocycles. The van der Waals surface area contributed by atoms with Crippen molar-refractivity contribution < 1.29 is 4.79 Å². The van der Waals surface area contributed by atoms with Gasteiger partial charge in [0.2, 0.25) is 0 Å². The Morgan fingerprint density at radius 3 is 2.80 bits per heavy atom. The highest BCUT2D eigenvalue weighted by molar-refractivity contribution is 7.98. The molecule has 3 N–H and O–H groups in total. The Bertz CT molecular complexity index is 451. The number of nitrogens with one attached hydrogen (secondary N) is 1. The van der Waals surface area contributed by atoms with Gasteiger partial charge in [-0.25, -0.2) is 0 Å². The van der Waals surface area contributed by atoms with Gasteiger partial charge in [0, 0.05) is 25.2 Å². The fourth-order valence-electron chi connectivity index (χ4n) is 1.97. The lowest BCUT2D eigenvalue weighted by Gasteiger charge is -2.28. The fraction of sp³-hybridized carbons (Fsp3) is 0.533. The molecule has 0 bridgehead atoms. The van der Waals surface area contributed by atoms with E-state index in [1.54, 1.807) is 12.1 Å². The summed E-state index contributed by atoms with van der Waals surface area (Å²) in [6.07, 6.45) is 3.19. The van der Waals surface area contributed by atoms with Crippen LogP contribution in [-0.2, 0) is 0 Å². The first-order chi connectivity index (χ1) is 9.51. The number of carbonyl (C=O) groups excluding carboxylic acids is 1. The molecule has 1 amide bonds. The molecule has 20 heavy (non-hydrogen) atoms. The third kappa shape index (κ3) is 4.34. The van der Waals surface area contributed by atoms with Gasteiger partial charge in [-0.05, 0) is 50.5 Å². The Morgan fingerprint density at radius 1 is 1.50 bits per heavy atom. The monoisotopic (exact) mass is 295 g/mol. The van der Waals surface area contributed by atoms with E-state index in [1.165, 1.54) is 0 Å². The second-order valence-electron chi connectivity index (χ2n) is 4.87. The van der Waals surface area contributed by atoms with E-state index in [1.807, 2.05) is 31.8 Å². The average molecular weight is 295 g/mol. The molecule has 112 valence electrons. The number of benzene rings is 1. The molecule has 0 radical (unpaired) electrons. The van der Waals surface area contributed by atoms with Crippen LogP contribution in [0.25, 0.3) is 0 Å². The average Bonchev–Trinajstić information content (AvgIpc) is 2.44. The van der Waals surface area contributed by atoms with Crippen LogP contribution in [0, 0.1) is 0 Å². The van der Waals surface area contributed by atoms with Crippen LogP contribution in [0.1, 0.15) is 30.6 Å². The van der Waals surface area contributed by atoms with E-state index < -0.39 is 0 Å². The smallest absolute Gasteiger partial charge is 0.251 e. The van der Waals surface area contributed by atoms with Crippen LogP contribution in [0.2, 0.25) is 0 Å². The number of rotatable bonds is 7. The van der Waals surface area contributed by atoms with E-state index in [2.05, 4.69) is 23.4 Å². The van der Waals surface area contributed by atoms with Crippen molar-refractivity contribution >= 4 is 29.0 Å². The molecule has 0 spiro atoms. The molecule has 0 aromatic heterocycles. The minimum atomic E-state index is -0.0566. The molecule has 1 aromatic rings. The number of hydrogen-bond acceptors (Lipinski definition) is 4. The lowest BCUT2D eigenvalue weighted by molar-refractivity contribution is 0.0956. The molecule has 0 heterocycles. The van der Waals surface area contributed by atoms with Crippen molar-refractivity contribution in [2.24, 2.45) is 0 Å². The predicted molar refractivity (Wildman–Crippen MR) is 89.7 cm³/mol. The number of thioether (sulfide) groups is 1. The molecule has 0 fully saturated rings. The van der Waals surface area contributed by atoms with Crippen molar-refractivity contribution in [1.82, 2.24) is 5.32 Å². The molecule has 1 rings (SSSR count). The highest BCUT2D eigenvalue weighted by atomic mass is 32.2. The molecule has 5 heteroatoms. The Balaban J connectivity index is 2.92. The summed E-state index contributed by atoms with van der Waals surface area (Å²) in [6.45, 7) is 4.71. The predicted octanol–water partition coefficient (Wildman–Crippen LogP) is 2.60. The maximum absolute atomic E-state index is 11.9. The van der Waals surface area contributed by atoms with E-state index in [4.69, 9.17) is 5.73 Å². The Kier molecular flexibility index (Phi) is 6.71. The summed E-state index contributed by atoms with van der Waals surface area (Å²) in [5.74, 6) is 1.06. The highest BCUT2D eigenvalue weighted by Crippen LogP contribution is 2.26. The van der Waals surface area contributed by atoms with Gasteiger partial charge in [-0.3, -0.25) is 4.79 Å². The lowest BCUT2D eigenvalue weighted by atomic mass is 10.1. The zero-order valence-electron chi connectivity index (χ0n) is 12.8. The number of hydrogen-bond donors (Lipinski definition) is 2. The SMILES string of the molecule is CCNC(=O)c1ccc(N)c(N(C)C(C)CCSC)c1. The molecule has 0 aliphatic carbocycles. The molecule has 1 atom stereocenters. The first kappa shape index (κ1) is 16.7. The van der Waals surface area contributed by atoms with E-state index in [-0.39, 0.29) is 5.91 Å². The molecule has 1 aromatic carbocycles. The van der Waals surface area contributed by atoms with Crippen LogP contribution in [0.5, 0.6) is 0 Å². The van der Waals surface area contributed by atoms with E-state index >= 15 is 0 Å². The van der Waals surface area contributed by atoms with Crippen molar-refractivity contribution in [3.8, 4) is 0 Å². The third-order valence-corrected chi connectivity index (χ3v) is 4.05. The zero-order valence-corrected chi connectivity index (χ0v) is 13.6. The van der Waals surface area contributed by atoms with Crippen LogP contribution < -0.4 is 16.0 Å². The summed E-state index contributed by atoms with van der Waals surface area (Å²) in [6, 6.07) is 5.83. The summed E-state index contributed by atoms with van der Waals surface area (Å²) in [5, 5.41) is 2.81. The minimum absolute atomic E-state index is 0.0566. The maximum atomic E-state index is 11.9. The summed E-state index contributed by atoms with van der Waals surface area (Å²) >= 11 is 1.84. The van der Waals surface area contributed by atoms with Crippen LogP contribution >= 0.6 is 11.8 Å². The lowest BCUT2D eigenvalue weighted by Crippen LogP contribution is -2.30.